The second-order valence-corrected chi connectivity index (χ2v) is 6.30. The number of aliphatic imine (C=N–C) groups is 1. The Labute approximate surface area is 156 Å². The topological polar surface area (TPSA) is 15.6 Å². The molecule has 1 aliphatic heterocycles. The molecule has 0 saturated heterocycles. The first-order chi connectivity index (χ1) is 13.1. The number of anilines is 1. The molecule has 3 rings (SSSR count). The molecule has 0 bridgehead atoms. The summed E-state index contributed by atoms with van der Waals surface area (Å²) >= 11 is 0. The van der Waals surface area contributed by atoms with E-state index in [-0.39, 0.29) is 18.4 Å². The minimum atomic E-state index is -5.11. The number of hydrogen-bond acceptors (Lipinski definition) is 2. The summed E-state index contributed by atoms with van der Waals surface area (Å²) in [6, 6.07) is 7.86. The van der Waals surface area contributed by atoms with Crippen molar-refractivity contribution in [2.24, 2.45) is 4.99 Å². The summed E-state index contributed by atoms with van der Waals surface area (Å²) in [5.41, 5.74) is -2.72. The predicted octanol–water partition coefficient (Wildman–Crippen LogP) is 5.71. The number of amidine groups is 1. The van der Waals surface area contributed by atoms with Gasteiger partial charge < -0.3 is 4.90 Å². The Kier molecular flexibility index (Phi) is 5.36. The van der Waals surface area contributed by atoms with E-state index in [2.05, 4.69) is 4.99 Å². The third kappa shape index (κ3) is 4.45. The fourth-order valence-electron chi connectivity index (χ4n) is 3.11. The van der Waals surface area contributed by atoms with Crippen molar-refractivity contribution >= 4 is 11.5 Å². The van der Waals surface area contributed by atoms with Gasteiger partial charge in [0.15, 0.2) is 0 Å². The standard InChI is InChI=1S/C19H15F7N2/c20-13-2-1-3-14(11-13)28-9-8-27-17(28)7-5-12-4-6-15(18(21,22)23)16(10-12)19(24,25)26/h1-4,6,10-11H,5,7-9H2. The molecule has 2 aromatic rings. The first-order valence-electron chi connectivity index (χ1n) is 8.39. The van der Waals surface area contributed by atoms with Crippen LogP contribution in [0.2, 0.25) is 0 Å². The number of benzene rings is 2. The Hall–Kier alpha value is -2.58. The predicted molar refractivity (Wildman–Crippen MR) is 90.8 cm³/mol. The molecule has 0 unspecified atom stereocenters. The van der Waals surface area contributed by atoms with Crippen molar-refractivity contribution in [1.29, 1.82) is 0 Å². The van der Waals surface area contributed by atoms with E-state index in [0.717, 1.165) is 6.07 Å². The Balaban J connectivity index is 1.79. The highest BCUT2D eigenvalue weighted by atomic mass is 19.4. The largest absolute Gasteiger partial charge is 0.417 e. The van der Waals surface area contributed by atoms with Gasteiger partial charge in [-0.1, -0.05) is 12.1 Å². The van der Waals surface area contributed by atoms with Crippen LogP contribution in [0.4, 0.5) is 36.4 Å². The van der Waals surface area contributed by atoms with Gasteiger partial charge >= 0.3 is 12.4 Å². The summed E-state index contributed by atoms with van der Waals surface area (Å²) in [5.74, 6) is 0.125. The Morgan fingerprint density at radius 3 is 2.21 bits per heavy atom. The summed E-state index contributed by atoms with van der Waals surface area (Å²) in [6.45, 7) is 0.951. The van der Waals surface area contributed by atoms with E-state index in [1.165, 1.54) is 18.2 Å². The molecule has 2 aromatic carbocycles. The smallest absolute Gasteiger partial charge is 0.328 e. The van der Waals surface area contributed by atoms with Gasteiger partial charge in [-0.05, 0) is 42.3 Å². The second-order valence-electron chi connectivity index (χ2n) is 6.30. The summed E-state index contributed by atoms with van der Waals surface area (Å²) in [5, 5.41) is 0. The summed E-state index contributed by atoms with van der Waals surface area (Å²) in [6.07, 6.45) is -9.91. The lowest BCUT2D eigenvalue weighted by Crippen LogP contribution is -2.27. The lowest BCUT2D eigenvalue weighted by molar-refractivity contribution is -0.162. The molecule has 0 aromatic heterocycles. The van der Waals surface area contributed by atoms with Crippen molar-refractivity contribution in [3.8, 4) is 0 Å². The van der Waals surface area contributed by atoms with Crippen LogP contribution in [0.1, 0.15) is 23.1 Å². The molecule has 0 aliphatic carbocycles. The number of rotatable bonds is 4. The number of halogens is 7. The first-order valence-corrected chi connectivity index (χ1v) is 8.39. The van der Waals surface area contributed by atoms with E-state index in [1.807, 2.05) is 0 Å². The van der Waals surface area contributed by atoms with E-state index < -0.39 is 29.3 Å². The maximum atomic E-state index is 13.4. The maximum Gasteiger partial charge on any atom is 0.417 e. The normalized spacial score (nSPS) is 15.1. The van der Waals surface area contributed by atoms with Crippen LogP contribution in [0.25, 0.3) is 0 Å². The highest BCUT2D eigenvalue weighted by Crippen LogP contribution is 2.40. The number of nitrogens with zero attached hydrogens (tertiary/aromatic N) is 2. The van der Waals surface area contributed by atoms with Gasteiger partial charge in [-0.2, -0.15) is 26.3 Å². The Morgan fingerprint density at radius 2 is 1.57 bits per heavy atom. The van der Waals surface area contributed by atoms with Gasteiger partial charge in [0.05, 0.1) is 17.7 Å². The molecule has 28 heavy (non-hydrogen) atoms. The summed E-state index contributed by atoms with van der Waals surface area (Å²) in [4.78, 5) is 6.03. The summed E-state index contributed by atoms with van der Waals surface area (Å²) in [7, 11) is 0. The van der Waals surface area contributed by atoms with Gasteiger partial charge in [0.25, 0.3) is 0 Å². The molecule has 0 fully saturated rings. The van der Waals surface area contributed by atoms with Crippen molar-refractivity contribution in [3.63, 3.8) is 0 Å². The van der Waals surface area contributed by atoms with E-state index in [9.17, 15) is 30.7 Å². The molecule has 150 valence electrons. The van der Waals surface area contributed by atoms with E-state index in [1.54, 1.807) is 11.0 Å². The van der Waals surface area contributed by atoms with Crippen LogP contribution in [0.5, 0.6) is 0 Å². The van der Waals surface area contributed by atoms with Crippen molar-refractivity contribution in [3.05, 3.63) is 65.0 Å². The average Bonchev–Trinajstić information content (AvgIpc) is 3.07. The molecule has 0 atom stereocenters. The zero-order chi connectivity index (χ0) is 20.5. The van der Waals surface area contributed by atoms with Crippen LogP contribution in [0.3, 0.4) is 0 Å². The molecule has 2 nitrogen and oxygen atoms in total. The monoisotopic (exact) mass is 404 g/mol. The van der Waals surface area contributed by atoms with Gasteiger partial charge in [0, 0.05) is 18.7 Å². The van der Waals surface area contributed by atoms with Gasteiger partial charge in [0.1, 0.15) is 11.7 Å². The van der Waals surface area contributed by atoms with Crippen LogP contribution in [-0.4, -0.2) is 18.9 Å². The van der Waals surface area contributed by atoms with Gasteiger partial charge in [-0.3, -0.25) is 4.99 Å². The molecular formula is C19H15F7N2. The molecule has 0 saturated carbocycles. The minimum Gasteiger partial charge on any atom is -0.328 e. The van der Waals surface area contributed by atoms with Gasteiger partial charge in [-0.25, -0.2) is 4.39 Å². The molecule has 0 radical (unpaired) electrons. The third-order valence-corrected chi connectivity index (χ3v) is 4.38. The quantitative estimate of drug-likeness (QED) is 0.596. The fraction of sp³-hybridized carbons (Fsp3) is 0.316. The van der Waals surface area contributed by atoms with Crippen LogP contribution >= 0.6 is 0 Å². The first kappa shape index (κ1) is 20.2. The zero-order valence-electron chi connectivity index (χ0n) is 14.4. The van der Waals surface area contributed by atoms with Crippen LogP contribution in [0, 0.1) is 5.82 Å². The van der Waals surface area contributed by atoms with Crippen LogP contribution < -0.4 is 4.90 Å². The Morgan fingerprint density at radius 1 is 0.857 bits per heavy atom. The lowest BCUT2D eigenvalue weighted by Gasteiger charge is -2.21. The van der Waals surface area contributed by atoms with Crippen molar-refractivity contribution in [2.45, 2.75) is 25.2 Å². The third-order valence-electron chi connectivity index (χ3n) is 4.38. The highest BCUT2D eigenvalue weighted by molar-refractivity contribution is 5.99. The molecule has 1 aliphatic rings. The number of hydrogen-bond donors (Lipinski definition) is 0. The number of aryl methyl sites for hydroxylation is 1. The highest BCUT2D eigenvalue weighted by Gasteiger charge is 2.43. The fourth-order valence-corrected chi connectivity index (χ4v) is 3.11. The maximum absolute atomic E-state index is 13.4. The van der Waals surface area contributed by atoms with Gasteiger partial charge in [0.2, 0.25) is 0 Å². The van der Waals surface area contributed by atoms with E-state index in [0.29, 0.717) is 36.7 Å². The zero-order valence-corrected chi connectivity index (χ0v) is 14.4. The second kappa shape index (κ2) is 7.44. The minimum absolute atomic E-state index is 0.0753. The number of alkyl halides is 6. The molecule has 1 heterocycles. The molecule has 0 spiro atoms. The van der Waals surface area contributed by atoms with E-state index >= 15 is 0 Å². The van der Waals surface area contributed by atoms with E-state index in [4.69, 9.17) is 0 Å². The van der Waals surface area contributed by atoms with Gasteiger partial charge in [-0.15, -0.1) is 0 Å². The molecule has 0 amide bonds. The summed E-state index contributed by atoms with van der Waals surface area (Å²) < 4.78 is 91.2. The average molecular weight is 404 g/mol. The van der Waals surface area contributed by atoms with Crippen molar-refractivity contribution in [1.82, 2.24) is 0 Å². The molecule has 0 N–H and O–H groups in total. The lowest BCUT2D eigenvalue weighted by atomic mass is 10.00. The Bertz CT molecular complexity index is 885. The molecule has 9 heteroatoms. The van der Waals surface area contributed by atoms with Crippen molar-refractivity contribution < 1.29 is 30.7 Å². The van der Waals surface area contributed by atoms with Crippen LogP contribution in [0.15, 0.2) is 47.5 Å². The molecular weight excluding hydrogens is 389 g/mol. The van der Waals surface area contributed by atoms with Crippen LogP contribution in [-0.2, 0) is 18.8 Å². The SMILES string of the molecule is Fc1cccc(N2CCN=C2CCc2ccc(C(F)(F)F)c(C(F)(F)F)c2)c1. The van der Waals surface area contributed by atoms with Crippen molar-refractivity contribution in [2.75, 3.05) is 18.0 Å².